The van der Waals surface area contributed by atoms with E-state index in [0.29, 0.717) is 5.69 Å². The predicted octanol–water partition coefficient (Wildman–Crippen LogP) is 4.58. The number of benzene rings is 1. The average Bonchev–Trinajstić information content (AvgIpc) is 2.68. The first-order valence-electron chi connectivity index (χ1n) is 5.83. The van der Waals surface area contributed by atoms with Crippen LogP contribution in [0.3, 0.4) is 0 Å². The van der Waals surface area contributed by atoms with E-state index in [2.05, 4.69) is 15.9 Å². The molecule has 0 saturated carbocycles. The van der Waals surface area contributed by atoms with Crippen molar-refractivity contribution >= 4 is 38.9 Å². The van der Waals surface area contributed by atoms with E-state index in [1.807, 2.05) is 38.1 Å². The summed E-state index contributed by atoms with van der Waals surface area (Å²) >= 11 is 4.63. The van der Waals surface area contributed by atoms with Crippen LogP contribution in [0.1, 0.15) is 35.0 Å². The van der Waals surface area contributed by atoms with Crippen molar-refractivity contribution in [2.24, 2.45) is 0 Å². The van der Waals surface area contributed by atoms with Crippen molar-refractivity contribution in [3.63, 3.8) is 0 Å². The number of rotatable bonds is 3. The lowest BCUT2D eigenvalue weighted by Gasteiger charge is -2.09. The number of hydrogen-bond acceptors (Lipinski definition) is 3. The van der Waals surface area contributed by atoms with E-state index in [-0.39, 0.29) is 10.8 Å². The molecule has 1 heterocycles. The van der Waals surface area contributed by atoms with Gasteiger partial charge in [-0.1, -0.05) is 41.9 Å². The Kier molecular flexibility index (Phi) is 3.96. The molecule has 0 amide bonds. The van der Waals surface area contributed by atoms with Crippen LogP contribution in [0.25, 0.3) is 10.4 Å². The molecule has 1 aromatic heterocycles. The molecule has 19 heavy (non-hydrogen) atoms. The molecule has 3 N–H and O–H groups in total. The van der Waals surface area contributed by atoms with E-state index in [9.17, 15) is 9.90 Å². The molecule has 0 fully saturated rings. The first-order valence-corrected chi connectivity index (χ1v) is 7.44. The summed E-state index contributed by atoms with van der Waals surface area (Å²) < 4.78 is 0.991. The van der Waals surface area contributed by atoms with Gasteiger partial charge in [-0.25, -0.2) is 4.79 Å². The maximum absolute atomic E-state index is 11.2. The minimum absolute atomic E-state index is 0.183. The Hall–Kier alpha value is -1.33. The van der Waals surface area contributed by atoms with E-state index in [0.717, 1.165) is 20.5 Å². The van der Waals surface area contributed by atoms with Crippen LogP contribution < -0.4 is 5.73 Å². The molecule has 0 aliphatic heterocycles. The molecule has 3 nitrogen and oxygen atoms in total. The molecule has 100 valence electrons. The molecule has 0 atom stereocenters. The maximum Gasteiger partial charge on any atom is 0.348 e. The van der Waals surface area contributed by atoms with E-state index in [4.69, 9.17) is 5.73 Å². The molecule has 0 unspecified atom stereocenters. The zero-order chi connectivity index (χ0) is 14.2. The van der Waals surface area contributed by atoms with Crippen molar-refractivity contribution in [1.82, 2.24) is 0 Å². The third-order valence-electron chi connectivity index (χ3n) is 2.86. The third-order valence-corrected chi connectivity index (χ3v) is 4.65. The number of halogens is 1. The smallest absolute Gasteiger partial charge is 0.348 e. The van der Waals surface area contributed by atoms with E-state index >= 15 is 0 Å². The summed E-state index contributed by atoms with van der Waals surface area (Å²) in [6, 6.07) is 7.81. The van der Waals surface area contributed by atoms with Crippen LogP contribution in [-0.4, -0.2) is 11.1 Å². The quantitative estimate of drug-likeness (QED) is 0.859. The van der Waals surface area contributed by atoms with Gasteiger partial charge in [0.15, 0.2) is 0 Å². The number of thiophene rings is 1. The zero-order valence-electron chi connectivity index (χ0n) is 10.6. The number of hydrogen-bond donors (Lipinski definition) is 2. The molecule has 0 aliphatic carbocycles. The maximum atomic E-state index is 11.2. The second-order valence-electron chi connectivity index (χ2n) is 4.55. The molecule has 5 heteroatoms. The van der Waals surface area contributed by atoms with Crippen LogP contribution in [0.5, 0.6) is 0 Å². The highest BCUT2D eigenvalue weighted by molar-refractivity contribution is 9.10. The summed E-state index contributed by atoms with van der Waals surface area (Å²) in [4.78, 5) is 12.4. The van der Waals surface area contributed by atoms with E-state index in [1.54, 1.807) is 0 Å². The lowest BCUT2D eigenvalue weighted by Crippen LogP contribution is -2.00. The Morgan fingerprint density at radius 1 is 1.32 bits per heavy atom. The predicted molar refractivity (Wildman–Crippen MR) is 82.9 cm³/mol. The molecule has 2 aromatic rings. The lowest BCUT2D eigenvalue weighted by molar-refractivity contribution is 0.0703. The standard InChI is InChI=1S/C14H14BrNO2S/c1-7(2)10-11(16)13(14(17)18)19-12(10)8-3-5-9(15)6-4-8/h3-7H,16H2,1-2H3,(H,17,18). The van der Waals surface area contributed by atoms with Crippen molar-refractivity contribution in [3.05, 3.63) is 39.2 Å². The van der Waals surface area contributed by atoms with Gasteiger partial charge in [-0.05, 0) is 29.2 Å². The van der Waals surface area contributed by atoms with Gasteiger partial charge in [0.25, 0.3) is 0 Å². The summed E-state index contributed by atoms with van der Waals surface area (Å²) in [7, 11) is 0. The fourth-order valence-electron chi connectivity index (χ4n) is 2.00. The van der Waals surface area contributed by atoms with E-state index in [1.165, 1.54) is 11.3 Å². The molecule has 0 saturated heterocycles. The van der Waals surface area contributed by atoms with E-state index < -0.39 is 5.97 Å². The summed E-state index contributed by atoms with van der Waals surface area (Å²) in [6.45, 7) is 4.04. The van der Waals surface area contributed by atoms with Gasteiger partial charge < -0.3 is 10.8 Å². The van der Waals surface area contributed by atoms with Gasteiger partial charge >= 0.3 is 5.97 Å². The SMILES string of the molecule is CC(C)c1c(-c2ccc(Br)cc2)sc(C(=O)O)c1N. The zero-order valence-corrected chi connectivity index (χ0v) is 13.0. The monoisotopic (exact) mass is 339 g/mol. The van der Waals surface area contributed by atoms with Crippen LogP contribution in [0.15, 0.2) is 28.7 Å². The van der Waals surface area contributed by atoms with Crippen LogP contribution in [-0.2, 0) is 0 Å². The number of carbonyl (C=O) groups is 1. The number of anilines is 1. The van der Waals surface area contributed by atoms with Gasteiger partial charge in [0, 0.05) is 9.35 Å². The summed E-state index contributed by atoms with van der Waals surface area (Å²) in [5.74, 6) is -0.782. The summed E-state index contributed by atoms with van der Waals surface area (Å²) in [5.41, 5.74) is 8.30. The molecular formula is C14H14BrNO2S. The Morgan fingerprint density at radius 2 is 1.89 bits per heavy atom. The van der Waals surface area contributed by atoms with Gasteiger partial charge in [0.2, 0.25) is 0 Å². The van der Waals surface area contributed by atoms with Crippen molar-refractivity contribution in [2.75, 3.05) is 5.73 Å². The first kappa shape index (κ1) is 14.1. The number of nitrogens with two attached hydrogens (primary N) is 1. The van der Waals surface area contributed by atoms with Gasteiger partial charge in [0.05, 0.1) is 5.69 Å². The normalized spacial score (nSPS) is 10.9. The molecular weight excluding hydrogens is 326 g/mol. The molecule has 0 aliphatic rings. The van der Waals surface area contributed by atoms with Crippen LogP contribution >= 0.6 is 27.3 Å². The molecule has 0 radical (unpaired) electrons. The fraction of sp³-hybridized carbons (Fsp3) is 0.214. The molecule has 0 bridgehead atoms. The van der Waals surface area contributed by atoms with Gasteiger partial charge in [-0.2, -0.15) is 0 Å². The van der Waals surface area contributed by atoms with Crippen molar-refractivity contribution in [3.8, 4) is 10.4 Å². The Morgan fingerprint density at radius 3 is 2.37 bits per heavy atom. The second-order valence-corrected chi connectivity index (χ2v) is 6.49. The number of carboxylic acids is 1. The van der Waals surface area contributed by atoms with Gasteiger partial charge in [-0.15, -0.1) is 11.3 Å². The number of carboxylic acid groups (broad SMARTS) is 1. The molecule has 0 spiro atoms. The fourth-order valence-corrected chi connectivity index (χ4v) is 3.49. The average molecular weight is 340 g/mol. The summed E-state index contributed by atoms with van der Waals surface area (Å²) in [5, 5.41) is 9.20. The highest BCUT2D eigenvalue weighted by Gasteiger charge is 2.23. The topological polar surface area (TPSA) is 63.3 Å². The van der Waals surface area contributed by atoms with Gasteiger partial charge in [0.1, 0.15) is 4.88 Å². The number of aromatic carboxylic acids is 1. The summed E-state index contributed by atoms with van der Waals surface area (Å²) in [6.07, 6.45) is 0. The lowest BCUT2D eigenvalue weighted by atomic mass is 9.98. The highest BCUT2D eigenvalue weighted by Crippen LogP contribution is 2.42. The Labute approximate surface area is 124 Å². The first-order chi connectivity index (χ1) is 8.91. The van der Waals surface area contributed by atoms with Crippen molar-refractivity contribution in [1.29, 1.82) is 0 Å². The minimum atomic E-state index is -0.965. The Balaban J connectivity index is 2.65. The van der Waals surface area contributed by atoms with Gasteiger partial charge in [-0.3, -0.25) is 0 Å². The number of nitrogen functional groups attached to an aromatic ring is 1. The van der Waals surface area contributed by atoms with Crippen LogP contribution in [0.2, 0.25) is 0 Å². The van der Waals surface area contributed by atoms with Crippen LogP contribution in [0.4, 0.5) is 5.69 Å². The van der Waals surface area contributed by atoms with Crippen molar-refractivity contribution in [2.45, 2.75) is 19.8 Å². The molecule has 1 aromatic carbocycles. The Bertz CT molecular complexity index is 617. The minimum Gasteiger partial charge on any atom is -0.477 e. The molecule has 2 rings (SSSR count). The van der Waals surface area contributed by atoms with Crippen LogP contribution in [0, 0.1) is 0 Å². The third kappa shape index (κ3) is 2.67. The second kappa shape index (κ2) is 5.35. The largest absolute Gasteiger partial charge is 0.477 e. The van der Waals surface area contributed by atoms with Crippen molar-refractivity contribution < 1.29 is 9.90 Å². The highest BCUT2D eigenvalue weighted by atomic mass is 79.9.